The number of methoxy groups -OCH3 is 1. The molecule has 7 nitrogen and oxygen atoms in total. The predicted octanol–water partition coefficient (Wildman–Crippen LogP) is 1.47. The monoisotopic (exact) mass is 389 g/mol. The van der Waals surface area contributed by atoms with Gasteiger partial charge in [0.1, 0.15) is 5.75 Å². The summed E-state index contributed by atoms with van der Waals surface area (Å²) in [5.74, 6) is 0.253. The highest BCUT2D eigenvalue weighted by molar-refractivity contribution is 5.94. The van der Waals surface area contributed by atoms with Gasteiger partial charge in [-0.1, -0.05) is 6.07 Å². The van der Waals surface area contributed by atoms with Crippen molar-refractivity contribution in [3.05, 3.63) is 29.8 Å². The minimum absolute atomic E-state index is 0.0246. The number of ether oxygens (including phenoxy) is 1. The molecule has 2 amide bonds. The van der Waals surface area contributed by atoms with Crippen LogP contribution in [-0.2, 0) is 9.53 Å². The average molecular weight is 389 g/mol. The minimum Gasteiger partial charge on any atom is -0.508 e. The summed E-state index contributed by atoms with van der Waals surface area (Å²) < 4.78 is 4.99. The number of nitrogens with zero attached hydrogens (tertiary/aromatic N) is 2. The molecule has 1 unspecified atom stereocenters. The first-order valence-electron chi connectivity index (χ1n) is 10.2. The van der Waals surface area contributed by atoms with Gasteiger partial charge in [-0.15, -0.1) is 0 Å². The van der Waals surface area contributed by atoms with Crippen LogP contribution in [0.2, 0.25) is 0 Å². The molecule has 1 aromatic carbocycles. The maximum absolute atomic E-state index is 12.6. The Morgan fingerprint density at radius 2 is 2.00 bits per heavy atom. The van der Waals surface area contributed by atoms with E-state index in [1.807, 2.05) is 4.90 Å². The number of hydrogen-bond donors (Lipinski definition) is 2. The zero-order valence-electron chi connectivity index (χ0n) is 16.6. The first kappa shape index (κ1) is 20.6. The summed E-state index contributed by atoms with van der Waals surface area (Å²) >= 11 is 0. The smallest absolute Gasteiger partial charge is 0.253 e. The van der Waals surface area contributed by atoms with Crippen LogP contribution >= 0.6 is 0 Å². The Kier molecular flexibility index (Phi) is 7.28. The van der Waals surface area contributed by atoms with Gasteiger partial charge < -0.3 is 20.1 Å². The van der Waals surface area contributed by atoms with Gasteiger partial charge in [0.2, 0.25) is 5.91 Å². The van der Waals surface area contributed by atoms with Crippen LogP contribution in [0, 0.1) is 5.92 Å². The van der Waals surface area contributed by atoms with Gasteiger partial charge in [-0.2, -0.15) is 0 Å². The summed E-state index contributed by atoms with van der Waals surface area (Å²) in [5, 5.41) is 12.6. The molecule has 0 saturated carbocycles. The molecular weight excluding hydrogens is 358 g/mol. The lowest BCUT2D eigenvalue weighted by molar-refractivity contribution is -0.127. The number of phenolic OH excluding ortho intramolecular Hbond substituents is 1. The summed E-state index contributed by atoms with van der Waals surface area (Å²) in [5.41, 5.74) is 0.532. The fourth-order valence-corrected chi connectivity index (χ4v) is 4.23. The normalized spacial score (nSPS) is 21.5. The Hall–Kier alpha value is -2.12. The topological polar surface area (TPSA) is 82.1 Å². The van der Waals surface area contributed by atoms with E-state index in [-0.39, 0.29) is 23.5 Å². The lowest BCUT2D eigenvalue weighted by atomic mass is 9.93. The number of rotatable bonds is 6. The first-order chi connectivity index (χ1) is 13.6. The number of amides is 2. The molecule has 0 radical (unpaired) electrons. The SMILES string of the molecule is COCCNC(=O)C1CCCN(C2CCN(C(=O)c3cccc(O)c3)CC2)C1. The van der Waals surface area contributed by atoms with Crippen LogP contribution in [0.4, 0.5) is 0 Å². The van der Waals surface area contributed by atoms with E-state index in [1.165, 1.54) is 6.07 Å². The highest BCUT2D eigenvalue weighted by atomic mass is 16.5. The van der Waals surface area contributed by atoms with Crippen LogP contribution in [-0.4, -0.2) is 79.2 Å². The maximum Gasteiger partial charge on any atom is 0.253 e. The van der Waals surface area contributed by atoms with E-state index in [1.54, 1.807) is 25.3 Å². The molecule has 2 fully saturated rings. The van der Waals surface area contributed by atoms with Crippen LogP contribution in [0.25, 0.3) is 0 Å². The Balaban J connectivity index is 1.49. The van der Waals surface area contributed by atoms with E-state index in [0.717, 1.165) is 38.8 Å². The van der Waals surface area contributed by atoms with Gasteiger partial charge in [0.15, 0.2) is 0 Å². The lowest BCUT2D eigenvalue weighted by Gasteiger charge is -2.42. The van der Waals surface area contributed by atoms with E-state index in [9.17, 15) is 14.7 Å². The van der Waals surface area contributed by atoms with Crippen LogP contribution in [0.15, 0.2) is 24.3 Å². The Labute approximate surface area is 166 Å². The van der Waals surface area contributed by atoms with Gasteiger partial charge in [-0.25, -0.2) is 0 Å². The van der Waals surface area contributed by atoms with Crippen LogP contribution in [0.5, 0.6) is 5.75 Å². The molecule has 3 rings (SSSR count). The van der Waals surface area contributed by atoms with Crippen molar-refractivity contribution in [1.29, 1.82) is 0 Å². The van der Waals surface area contributed by atoms with E-state index in [0.29, 0.717) is 37.8 Å². The van der Waals surface area contributed by atoms with Crippen molar-refractivity contribution in [2.24, 2.45) is 5.92 Å². The zero-order chi connectivity index (χ0) is 19.9. The van der Waals surface area contributed by atoms with Crippen molar-refractivity contribution in [2.75, 3.05) is 46.4 Å². The van der Waals surface area contributed by atoms with Crippen molar-refractivity contribution in [3.63, 3.8) is 0 Å². The third kappa shape index (κ3) is 5.23. The minimum atomic E-state index is -0.0246. The van der Waals surface area contributed by atoms with E-state index in [2.05, 4.69) is 10.2 Å². The predicted molar refractivity (Wildman–Crippen MR) is 106 cm³/mol. The van der Waals surface area contributed by atoms with Gasteiger partial charge in [0.05, 0.1) is 12.5 Å². The van der Waals surface area contributed by atoms with Gasteiger partial charge in [-0.3, -0.25) is 14.5 Å². The van der Waals surface area contributed by atoms with E-state index < -0.39 is 0 Å². The highest BCUT2D eigenvalue weighted by Gasteiger charge is 2.32. The quantitative estimate of drug-likeness (QED) is 0.720. The number of benzene rings is 1. The highest BCUT2D eigenvalue weighted by Crippen LogP contribution is 2.25. The lowest BCUT2D eigenvalue weighted by Crippen LogP contribution is -2.51. The molecular formula is C21H31N3O4. The number of piperidine rings is 2. The van der Waals surface area contributed by atoms with Crippen molar-refractivity contribution >= 4 is 11.8 Å². The maximum atomic E-state index is 12.6. The van der Waals surface area contributed by atoms with Crippen molar-refractivity contribution in [2.45, 2.75) is 31.7 Å². The molecule has 7 heteroatoms. The number of aromatic hydroxyl groups is 1. The molecule has 2 aliphatic rings. The number of carbonyl (C=O) groups excluding carboxylic acids is 2. The molecule has 2 N–H and O–H groups in total. The first-order valence-corrected chi connectivity index (χ1v) is 10.2. The third-order valence-corrected chi connectivity index (χ3v) is 5.79. The molecule has 2 saturated heterocycles. The molecule has 0 aliphatic carbocycles. The Morgan fingerprint density at radius 1 is 1.21 bits per heavy atom. The fourth-order valence-electron chi connectivity index (χ4n) is 4.23. The largest absolute Gasteiger partial charge is 0.508 e. The molecule has 2 aliphatic heterocycles. The van der Waals surface area contributed by atoms with Crippen LogP contribution in [0.3, 0.4) is 0 Å². The number of phenols is 1. The summed E-state index contributed by atoms with van der Waals surface area (Å²) in [6.45, 7) is 4.33. The molecule has 28 heavy (non-hydrogen) atoms. The summed E-state index contributed by atoms with van der Waals surface area (Å²) in [6.07, 6.45) is 3.81. The van der Waals surface area contributed by atoms with Crippen molar-refractivity contribution in [1.82, 2.24) is 15.1 Å². The second kappa shape index (κ2) is 9.89. The molecule has 0 bridgehead atoms. The zero-order valence-corrected chi connectivity index (χ0v) is 16.6. The standard InChI is InChI=1S/C21H31N3O4/c1-28-13-9-22-20(26)17-5-3-10-24(15-17)18-7-11-23(12-8-18)21(27)16-4-2-6-19(25)14-16/h2,4,6,14,17-18,25H,3,5,7-13,15H2,1H3,(H,22,26). The third-order valence-electron chi connectivity index (χ3n) is 5.79. The van der Waals surface area contributed by atoms with Crippen LogP contribution in [0.1, 0.15) is 36.0 Å². The Morgan fingerprint density at radius 3 is 2.71 bits per heavy atom. The molecule has 1 atom stereocenters. The summed E-state index contributed by atoms with van der Waals surface area (Å²) in [7, 11) is 1.63. The molecule has 1 aromatic rings. The number of carbonyl (C=O) groups is 2. The summed E-state index contributed by atoms with van der Waals surface area (Å²) in [6, 6.07) is 6.95. The van der Waals surface area contributed by atoms with Gasteiger partial charge in [-0.05, 0) is 50.4 Å². The second-order valence-corrected chi connectivity index (χ2v) is 7.69. The number of nitrogens with one attached hydrogen (secondary N) is 1. The summed E-state index contributed by atoms with van der Waals surface area (Å²) in [4.78, 5) is 29.3. The van der Waals surface area contributed by atoms with Gasteiger partial charge in [0, 0.05) is 44.9 Å². The van der Waals surface area contributed by atoms with Crippen LogP contribution < -0.4 is 5.32 Å². The average Bonchev–Trinajstić information content (AvgIpc) is 2.73. The van der Waals surface area contributed by atoms with Gasteiger partial charge >= 0.3 is 0 Å². The van der Waals surface area contributed by atoms with E-state index >= 15 is 0 Å². The molecule has 0 spiro atoms. The molecule has 0 aromatic heterocycles. The molecule has 2 heterocycles. The van der Waals surface area contributed by atoms with Crippen molar-refractivity contribution < 1.29 is 19.4 Å². The van der Waals surface area contributed by atoms with Crippen molar-refractivity contribution in [3.8, 4) is 5.75 Å². The Bertz CT molecular complexity index is 673. The number of likely N-dealkylation sites (tertiary alicyclic amines) is 2. The second-order valence-electron chi connectivity index (χ2n) is 7.69. The van der Waals surface area contributed by atoms with Gasteiger partial charge in [0.25, 0.3) is 5.91 Å². The number of hydrogen-bond acceptors (Lipinski definition) is 5. The van der Waals surface area contributed by atoms with E-state index in [4.69, 9.17) is 4.74 Å². The fraction of sp³-hybridized carbons (Fsp3) is 0.619. The molecule has 154 valence electrons.